The third-order valence-corrected chi connectivity index (χ3v) is 6.64. The van der Waals surface area contributed by atoms with E-state index >= 15 is 0 Å². The molecule has 1 aliphatic heterocycles. The van der Waals surface area contributed by atoms with Gasteiger partial charge in [0.1, 0.15) is 5.82 Å². The highest BCUT2D eigenvalue weighted by molar-refractivity contribution is 6.05. The van der Waals surface area contributed by atoms with Crippen molar-refractivity contribution in [1.82, 2.24) is 9.47 Å². The Kier molecular flexibility index (Phi) is 6.09. The van der Waals surface area contributed by atoms with Crippen molar-refractivity contribution in [2.45, 2.75) is 12.0 Å². The minimum Gasteiger partial charge on any atom is -0.383 e. The Morgan fingerprint density at radius 1 is 1.00 bits per heavy atom. The first kappa shape index (κ1) is 22.8. The van der Waals surface area contributed by atoms with Crippen LogP contribution in [0.4, 0.5) is 10.1 Å². The number of ether oxygens (including phenoxy) is 1. The molecule has 0 spiro atoms. The summed E-state index contributed by atoms with van der Waals surface area (Å²) in [5.74, 6) is -1.81. The van der Waals surface area contributed by atoms with Crippen LogP contribution in [0.25, 0.3) is 10.9 Å². The molecule has 178 valence electrons. The highest BCUT2D eigenvalue weighted by Gasteiger charge is 2.45. The van der Waals surface area contributed by atoms with Gasteiger partial charge >= 0.3 is 0 Å². The van der Waals surface area contributed by atoms with E-state index in [1.807, 2.05) is 54.2 Å². The van der Waals surface area contributed by atoms with Crippen molar-refractivity contribution < 1.29 is 18.7 Å². The minimum atomic E-state index is -0.758. The minimum absolute atomic E-state index is 0.104. The fraction of sp³-hybridized carbons (Fsp3) is 0.214. The number of aromatic nitrogens is 1. The number of anilines is 1. The number of para-hydroxylation sites is 2. The molecule has 0 radical (unpaired) electrons. The van der Waals surface area contributed by atoms with Gasteiger partial charge in [-0.25, -0.2) is 4.39 Å². The molecular weight excluding hydrogens is 445 g/mol. The normalized spacial score (nSPS) is 17.5. The van der Waals surface area contributed by atoms with Crippen LogP contribution >= 0.6 is 0 Å². The number of aryl methyl sites for hydroxylation is 1. The average molecular weight is 472 g/mol. The van der Waals surface area contributed by atoms with Crippen LogP contribution in [0.5, 0.6) is 0 Å². The molecule has 0 fully saturated rings. The second-order valence-electron chi connectivity index (χ2n) is 8.68. The Balaban J connectivity index is 1.71. The molecule has 3 aromatic carbocycles. The smallest absolute Gasteiger partial charge is 0.254 e. The molecule has 0 saturated heterocycles. The maximum absolute atomic E-state index is 14.5. The third-order valence-electron chi connectivity index (χ3n) is 6.64. The molecule has 2 heterocycles. The van der Waals surface area contributed by atoms with Gasteiger partial charge in [0, 0.05) is 48.9 Å². The van der Waals surface area contributed by atoms with Crippen LogP contribution in [0.1, 0.15) is 33.4 Å². The van der Waals surface area contributed by atoms with Crippen LogP contribution in [0.15, 0.2) is 79.0 Å². The van der Waals surface area contributed by atoms with Gasteiger partial charge in [-0.3, -0.25) is 9.59 Å². The van der Waals surface area contributed by atoms with Gasteiger partial charge in [0.15, 0.2) is 0 Å². The summed E-state index contributed by atoms with van der Waals surface area (Å²) in [5.41, 5.74) is 3.04. The van der Waals surface area contributed by atoms with Crippen LogP contribution in [0.2, 0.25) is 0 Å². The first-order valence-electron chi connectivity index (χ1n) is 11.5. The van der Waals surface area contributed by atoms with Crippen LogP contribution < -0.4 is 5.32 Å². The SMILES string of the molecule is COCCN1C(=O)c2ccccc2[C@@H](C(=O)Nc2ccccc2F)[C@@H]1c1cn(C)c2ccccc12. The van der Waals surface area contributed by atoms with E-state index in [9.17, 15) is 14.0 Å². The van der Waals surface area contributed by atoms with Crippen molar-refractivity contribution in [3.8, 4) is 0 Å². The van der Waals surface area contributed by atoms with Crippen molar-refractivity contribution in [3.63, 3.8) is 0 Å². The lowest BCUT2D eigenvalue weighted by atomic mass is 9.79. The number of rotatable bonds is 6. The average Bonchev–Trinajstić information content (AvgIpc) is 3.21. The molecule has 6 nitrogen and oxygen atoms in total. The van der Waals surface area contributed by atoms with Gasteiger partial charge in [0.2, 0.25) is 5.91 Å². The van der Waals surface area contributed by atoms with E-state index in [1.54, 1.807) is 36.3 Å². The molecule has 4 aromatic rings. The number of fused-ring (bicyclic) bond motifs is 2. The van der Waals surface area contributed by atoms with Crippen LogP contribution in [-0.2, 0) is 16.6 Å². The molecule has 5 rings (SSSR count). The Hall–Kier alpha value is -3.97. The summed E-state index contributed by atoms with van der Waals surface area (Å²) in [5, 5.41) is 3.73. The van der Waals surface area contributed by atoms with Gasteiger partial charge < -0.3 is 19.5 Å². The zero-order chi connectivity index (χ0) is 24.5. The van der Waals surface area contributed by atoms with E-state index < -0.39 is 17.8 Å². The third kappa shape index (κ3) is 3.98. The molecule has 1 aliphatic rings. The molecule has 2 atom stereocenters. The molecule has 1 aromatic heterocycles. The van der Waals surface area contributed by atoms with Crippen LogP contribution in [-0.4, -0.2) is 41.5 Å². The number of amides is 2. The first-order valence-corrected chi connectivity index (χ1v) is 11.5. The zero-order valence-electron chi connectivity index (χ0n) is 19.6. The van der Waals surface area contributed by atoms with Gasteiger partial charge in [-0.05, 0) is 29.8 Å². The molecule has 35 heavy (non-hydrogen) atoms. The van der Waals surface area contributed by atoms with Crippen molar-refractivity contribution in [2.24, 2.45) is 7.05 Å². The molecule has 1 N–H and O–H groups in total. The molecular formula is C28H26FN3O3. The highest BCUT2D eigenvalue weighted by atomic mass is 19.1. The summed E-state index contributed by atoms with van der Waals surface area (Å²) in [7, 11) is 3.52. The summed E-state index contributed by atoms with van der Waals surface area (Å²) in [6, 6.07) is 20.5. The second-order valence-corrected chi connectivity index (χ2v) is 8.68. The summed E-state index contributed by atoms with van der Waals surface area (Å²) in [6.07, 6.45) is 1.97. The maximum Gasteiger partial charge on any atom is 0.254 e. The number of halogens is 1. The molecule has 0 saturated carbocycles. The number of hydrogen-bond acceptors (Lipinski definition) is 3. The van der Waals surface area contributed by atoms with E-state index in [0.717, 1.165) is 16.5 Å². The topological polar surface area (TPSA) is 63.6 Å². The van der Waals surface area contributed by atoms with Gasteiger partial charge in [0.25, 0.3) is 5.91 Å². The molecule has 0 bridgehead atoms. The molecule has 2 amide bonds. The Morgan fingerprint density at radius 3 is 2.51 bits per heavy atom. The van der Waals surface area contributed by atoms with E-state index in [1.165, 1.54) is 12.1 Å². The lowest BCUT2D eigenvalue weighted by molar-refractivity contribution is -0.119. The van der Waals surface area contributed by atoms with E-state index in [0.29, 0.717) is 24.3 Å². The fourth-order valence-electron chi connectivity index (χ4n) is 5.04. The van der Waals surface area contributed by atoms with Crippen LogP contribution in [0, 0.1) is 5.82 Å². The van der Waals surface area contributed by atoms with Crippen molar-refractivity contribution in [1.29, 1.82) is 0 Å². The number of methoxy groups -OCH3 is 1. The number of carbonyl (C=O) groups is 2. The Bertz CT molecular complexity index is 1410. The number of benzene rings is 3. The summed E-state index contributed by atoms with van der Waals surface area (Å²) < 4.78 is 21.8. The van der Waals surface area contributed by atoms with E-state index in [2.05, 4.69) is 5.32 Å². The maximum atomic E-state index is 14.5. The summed E-state index contributed by atoms with van der Waals surface area (Å²) >= 11 is 0. The van der Waals surface area contributed by atoms with Crippen LogP contribution in [0.3, 0.4) is 0 Å². The van der Waals surface area contributed by atoms with Crippen molar-refractivity contribution >= 4 is 28.4 Å². The largest absolute Gasteiger partial charge is 0.383 e. The standard InChI is InChI=1S/C28H26FN3O3/c1-31-17-21(18-9-5-8-14-24(18)31)26-25(27(33)30-23-13-7-6-12-22(23)29)19-10-3-4-11-20(19)28(34)32(26)15-16-35-2/h3-14,17,25-26H,15-16H2,1-2H3,(H,30,33)/t25-,26+/m1/s1. The predicted octanol–water partition coefficient (Wildman–Crippen LogP) is 4.88. The highest BCUT2D eigenvalue weighted by Crippen LogP contribution is 2.45. The Labute approximate surface area is 202 Å². The number of nitrogens with one attached hydrogen (secondary N) is 1. The zero-order valence-corrected chi connectivity index (χ0v) is 19.6. The Morgan fingerprint density at radius 2 is 1.71 bits per heavy atom. The van der Waals surface area contributed by atoms with Crippen molar-refractivity contribution in [3.05, 3.63) is 102 Å². The van der Waals surface area contributed by atoms with Gasteiger partial charge in [-0.1, -0.05) is 48.5 Å². The number of nitrogens with zero attached hydrogens (tertiary/aromatic N) is 2. The monoisotopic (exact) mass is 471 g/mol. The number of hydrogen-bond donors (Lipinski definition) is 1. The van der Waals surface area contributed by atoms with E-state index in [4.69, 9.17) is 4.74 Å². The molecule has 7 heteroatoms. The number of carbonyl (C=O) groups excluding carboxylic acids is 2. The quantitative estimate of drug-likeness (QED) is 0.436. The predicted molar refractivity (Wildman–Crippen MR) is 133 cm³/mol. The second kappa shape index (κ2) is 9.35. The lowest BCUT2D eigenvalue weighted by Crippen LogP contribution is -2.47. The van der Waals surface area contributed by atoms with Crippen molar-refractivity contribution in [2.75, 3.05) is 25.6 Å². The first-order chi connectivity index (χ1) is 17.0. The lowest BCUT2D eigenvalue weighted by Gasteiger charge is -2.41. The van der Waals surface area contributed by atoms with Gasteiger partial charge in [0.05, 0.1) is 24.3 Å². The summed E-state index contributed by atoms with van der Waals surface area (Å²) in [4.78, 5) is 29.3. The fourth-order valence-corrected chi connectivity index (χ4v) is 5.04. The van der Waals surface area contributed by atoms with Gasteiger partial charge in [-0.2, -0.15) is 0 Å². The molecule has 0 aliphatic carbocycles. The molecule has 0 unspecified atom stereocenters. The van der Waals surface area contributed by atoms with Gasteiger partial charge in [-0.15, -0.1) is 0 Å². The van der Waals surface area contributed by atoms with E-state index in [-0.39, 0.29) is 17.5 Å². The summed E-state index contributed by atoms with van der Waals surface area (Å²) in [6.45, 7) is 0.623.